The zero-order valence-corrected chi connectivity index (χ0v) is 17.4. The minimum Gasteiger partial charge on any atom is -0.539 e. The highest BCUT2D eigenvalue weighted by Gasteiger charge is 2.45. The quantitative estimate of drug-likeness (QED) is 0.455. The lowest BCUT2D eigenvalue weighted by Crippen LogP contribution is -2.42. The van der Waals surface area contributed by atoms with E-state index >= 15 is 0 Å². The Labute approximate surface area is 183 Å². The number of aryl methyl sites for hydroxylation is 1. The average Bonchev–Trinajstić information content (AvgIpc) is 3.20. The number of hydrogen-bond acceptors (Lipinski definition) is 6. The SMILES string of the molecule is C[n+]1noc([O-])c1CN1C(=S)N(c2ccccc2)C(=O)C1CC(=O)Nc1ccccc1. The van der Waals surface area contributed by atoms with E-state index in [0.29, 0.717) is 11.4 Å². The number of hydrogen-bond donors (Lipinski definition) is 1. The molecule has 4 rings (SSSR count). The number of nitrogens with one attached hydrogen (secondary N) is 1. The normalized spacial score (nSPS) is 16.1. The lowest BCUT2D eigenvalue weighted by Gasteiger charge is -2.22. The first-order valence-corrected chi connectivity index (χ1v) is 9.93. The van der Waals surface area contributed by atoms with E-state index in [4.69, 9.17) is 12.2 Å². The van der Waals surface area contributed by atoms with E-state index in [2.05, 4.69) is 15.1 Å². The molecule has 1 N–H and O–H groups in total. The molecule has 1 fully saturated rings. The Balaban J connectivity index is 1.62. The maximum atomic E-state index is 13.3. The number of para-hydroxylation sites is 2. The molecule has 2 aromatic carbocycles. The van der Waals surface area contributed by atoms with Gasteiger partial charge < -0.3 is 19.8 Å². The molecule has 0 saturated carbocycles. The molecule has 0 radical (unpaired) electrons. The van der Waals surface area contributed by atoms with Gasteiger partial charge in [-0.05, 0) is 36.5 Å². The summed E-state index contributed by atoms with van der Waals surface area (Å²) in [5.41, 5.74) is 1.43. The van der Waals surface area contributed by atoms with Crippen molar-refractivity contribution in [3.8, 4) is 5.95 Å². The minimum atomic E-state index is -0.884. The second kappa shape index (κ2) is 8.52. The first-order valence-electron chi connectivity index (χ1n) is 9.52. The Morgan fingerprint density at radius 2 is 1.84 bits per heavy atom. The fraction of sp³-hybridized carbons (Fsp3) is 0.190. The summed E-state index contributed by atoms with van der Waals surface area (Å²) < 4.78 is 5.98. The molecule has 10 heteroatoms. The van der Waals surface area contributed by atoms with Crippen LogP contribution in [0.4, 0.5) is 11.4 Å². The second-order valence-electron chi connectivity index (χ2n) is 6.98. The van der Waals surface area contributed by atoms with Gasteiger partial charge in [-0.25, -0.2) is 0 Å². The molecule has 2 heterocycles. The largest absolute Gasteiger partial charge is 0.539 e. The van der Waals surface area contributed by atoms with E-state index in [-0.39, 0.29) is 35.6 Å². The number of aromatic nitrogens is 2. The van der Waals surface area contributed by atoms with E-state index in [1.807, 2.05) is 12.1 Å². The van der Waals surface area contributed by atoms with Crippen LogP contribution in [0.5, 0.6) is 5.95 Å². The molecule has 0 bridgehead atoms. The van der Waals surface area contributed by atoms with Crippen molar-refractivity contribution in [3.05, 3.63) is 66.4 Å². The summed E-state index contributed by atoms with van der Waals surface area (Å²) in [6.07, 6.45) is -0.139. The van der Waals surface area contributed by atoms with Gasteiger partial charge in [-0.1, -0.05) is 41.1 Å². The van der Waals surface area contributed by atoms with Gasteiger partial charge in [0.2, 0.25) is 5.91 Å². The lowest BCUT2D eigenvalue weighted by atomic mass is 10.1. The molecule has 1 saturated heterocycles. The van der Waals surface area contributed by atoms with Gasteiger partial charge in [0.25, 0.3) is 11.6 Å². The molecule has 1 aliphatic heterocycles. The maximum Gasteiger partial charge on any atom is 0.256 e. The Morgan fingerprint density at radius 3 is 2.45 bits per heavy atom. The number of carbonyl (C=O) groups excluding carboxylic acids is 2. The standard InChI is InChI=1S/C21H19N5O4S/c1-24-17(20(29)30-23-24)13-25-16(12-18(27)22-14-8-4-2-5-9-14)19(28)26(21(25)31)15-10-6-3-7-11-15/h2-11,16H,12-13H2,1H3,(H-,22,23,27,29). The minimum absolute atomic E-state index is 0.0178. The maximum absolute atomic E-state index is 13.3. The Kier molecular flexibility index (Phi) is 5.63. The third-order valence-corrected chi connectivity index (χ3v) is 5.38. The molecule has 1 aliphatic rings. The van der Waals surface area contributed by atoms with Crippen molar-refractivity contribution in [2.75, 3.05) is 10.2 Å². The van der Waals surface area contributed by atoms with Crippen LogP contribution in [0.3, 0.4) is 0 Å². The first kappa shape index (κ1) is 20.5. The highest BCUT2D eigenvalue weighted by atomic mass is 32.1. The van der Waals surface area contributed by atoms with Gasteiger partial charge in [0, 0.05) is 5.69 Å². The number of anilines is 2. The second-order valence-corrected chi connectivity index (χ2v) is 7.35. The van der Waals surface area contributed by atoms with Gasteiger partial charge in [-0.3, -0.25) is 14.5 Å². The van der Waals surface area contributed by atoms with Crippen molar-refractivity contribution < 1.29 is 23.9 Å². The van der Waals surface area contributed by atoms with E-state index in [1.165, 1.54) is 9.58 Å². The van der Waals surface area contributed by atoms with Gasteiger partial charge in [0.1, 0.15) is 12.6 Å². The monoisotopic (exact) mass is 437 g/mol. The Bertz CT molecular complexity index is 1100. The molecule has 2 amide bonds. The van der Waals surface area contributed by atoms with Crippen molar-refractivity contribution in [2.24, 2.45) is 7.05 Å². The van der Waals surface area contributed by atoms with E-state index in [1.54, 1.807) is 60.5 Å². The van der Waals surface area contributed by atoms with Crippen LogP contribution in [0.15, 0.2) is 65.2 Å². The summed E-state index contributed by atoms with van der Waals surface area (Å²) in [6.45, 7) is -0.0178. The summed E-state index contributed by atoms with van der Waals surface area (Å²) in [5, 5.41) is 18.6. The molecule has 31 heavy (non-hydrogen) atoms. The summed E-state index contributed by atoms with van der Waals surface area (Å²) in [6, 6.07) is 17.0. The van der Waals surface area contributed by atoms with Crippen molar-refractivity contribution in [3.63, 3.8) is 0 Å². The number of carbonyl (C=O) groups is 2. The molecule has 0 aliphatic carbocycles. The van der Waals surface area contributed by atoms with Crippen molar-refractivity contribution in [1.82, 2.24) is 10.2 Å². The van der Waals surface area contributed by atoms with Crippen LogP contribution in [0.1, 0.15) is 12.1 Å². The molecule has 1 unspecified atom stereocenters. The van der Waals surface area contributed by atoms with E-state index in [9.17, 15) is 14.7 Å². The Hall–Kier alpha value is -3.79. The topological polar surface area (TPSA) is 106 Å². The highest BCUT2D eigenvalue weighted by Crippen LogP contribution is 2.29. The molecule has 0 spiro atoms. The number of rotatable bonds is 6. The first-order chi connectivity index (χ1) is 15.0. The predicted molar refractivity (Wildman–Crippen MR) is 113 cm³/mol. The number of nitrogens with zero attached hydrogens (tertiary/aromatic N) is 4. The van der Waals surface area contributed by atoms with E-state index in [0.717, 1.165) is 0 Å². The summed E-state index contributed by atoms with van der Waals surface area (Å²) >= 11 is 5.58. The molecule has 3 aromatic rings. The average molecular weight is 437 g/mol. The summed E-state index contributed by atoms with van der Waals surface area (Å²) in [7, 11) is 1.56. The molecule has 9 nitrogen and oxygen atoms in total. The van der Waals surface area contributed by atoms with Crippen molar-refractivity contribution >= 4 is 40.5 Å². The number of thiocarbonyl (C=S) groups is 1. The third-order valence-electron chi connectivity index (χ3n) is 4.96. The zero-order chi connectivity index (χ0) is 22.0. The molecule has 1 atom stereocenters. The zero-order valence-electron chi connectivity index (χ0n) is 16.6. The fourth-order valence-corrected chi connectivity index (χ4v) is 3.79. The van der Waals surface area contributed by atoms with Crippen LogP contribution in [-0.2, 0) is 23.2 Å². The molecule has 1 aromatic heterocycles. The van der Waals surface area contributed by atoms with E-state index < -0.39 is 12.0 Å². The smallest absolute Gasteiger partial charge is 0.256 e. The van der Waals surface area contributed by atoms with Crippen LogP contribution >= 0.6 is 12.2 Å². The summed E-state index contributed by atoms with van der Waals surface area (Å²) in [5.74, 6) is -1.31. The van der Waals surface area contributed by atoms with Crippen LogP contribution in [-0.4, -0.2) is 33.1 Å². The molecule has 158 valence electrons. The van der Waals surface area contributed by atoms with Crippen LogP contribution < -0.4 is 20.0 Å². The number of amides is 2. The van der Waals surface area contributed by atoms with Gasteiger partial charge in [-0.2, -0.15) is 0 Å². The van der Waals surface area contributed by atoms with Gasteiger partial charge >= 0.3 is 0 Å². The number of benzene rings is 2. The van der Waals surface area contributed by atoms with Gasteiger partial charge in [0.15, 0.2) is 18.1 Å². The predicted octanol–water partition coefficient (Wildman–Crippen LogP) is 1.10. The lowest BCUT2D eigenvalue weighted by molar-refractivity contribution is -0.746. The molecular formula is C21H19N5O4S. The van der Waals surface area contributed by atoms with Crippen LogP contribution in [0.25, 0.3) is 0 Å². The van der Waals surface area contributed by atoms with Crippen LogP contribution in [0.2, 0.25) is 0 Å². The molecular weight excluding hydrogens is 418 g/mol. The Morgan fingerprint density at radius 1 is 1.19 bits per heavy atom. The third kappa shape index (κ3) is 4.10. The highest BCUT2D eigenvalue weighted by molar-refractivity contribution is 7.80. The van der Waals surface area contributed by atoms with Crippen molar-refractivity contribution in [1.29, 1.82) is 0 Å². The fourth-order valence-electron chi connectivity index (χ4n) is 3.40. The summed E-state index contributed by atoms with van der Waals surface area (Å²) in [4.78, 5) is 28.9. The van der Waals surface area contributed by atoms with Gasteiger partial charge in [-0.15, -0.1) is 0 Å². The van der Waals surface area contributed by atoms with Crippen LogP contribution in [0, 0.1) is 0 Å². The van der Waals surface area contributed by atoms with Gasteiger partial charge in [0.05, 0.1) is 17.4 Å². The van der Waals surface area contributed by atoms with Crippen molar-refractivity contribution in [2.45, 2.75) is 19.0 Å².